The number of benzene rings is 2. The zero-order valence-electron chi connectivity index (χ0n) is 16.6. The highest BCUT2D eigenvalue weighted by molar-refractivity contribution is 7.99. The van der Waals surface area contributed by atoms with E-state index < -0.39 is 0 Å². The summed E-state index contributed by atoms with van der Waals surface area (Å²) in [5.74, 6) is 1.57. The van der Waals surface area contributed by atoms with E-state index in [0.717, 1.165) is 28.0 Å². The fraction of sp³-hybridized carbons (Fsp3) is 0.364. The summed E-state index contributed by atoms with van der Waals surface area (Å²) in [6.07, 6.45) is 0. The molecule has 1 N–H and O–H groups in total. The van der Waals surface area contributed by atoms with Crippen molar-refractivity contribution in [2.45, 2.75) is 31.3 Å². The van der Waals surface area contributed by atoms with Gasteiger partial charge in [-0.3, -0.25) is 4.57 Å². The Kier molecular flexibility index (Phi) is 6.88. The molecule has 0 bridgehead atoms. The van der Waals surface area contributed by atoms with E-state index in [1.54, 1.807) is 11.8 Å². The van der Waals surface area contributed by atoms with Crippen LogP contribution >= 0.6 is 11.8 Å². The molecule has 148 valence electrons. The molecule has 0 aliphatic rings. The van der Waals surface area contributed by atoms with Crippen LogP contribution in [0.25, 0.3) is 17.1 Å². The fourth-order valence-corrected chi connectivity index (χ4v) is 3.64. The first-order valence-electron chi connectivity index (χ1n) is 9.44. The Bertz CT molecular complexity index is 871. The molecule has 1 heterocycles. The fourth-order valence-electron chi connectivity index (χ4n) is 2.84. The van der Waals surface area contributed by atoms with Crippen molar-refractivity contribution >= 4 is 11.8 Å². The number of para-hydroxylation sites is 1. The van der Waals surface area contributed by atoms with E-state index in [0.29, 0.717) is 13.2 Å². The van der Waals surface area contributed by atoms with Gasteiger partial charge in [0.15, 0.2) is 11.0 Å². The number of ether oxygens (including phenoxy) is 1. The summed E-state index contributed by atoms with van der Waals surface area (Å²) in [5.41, 5.74) is 3.47. The third-order valence-corrected chi connectivity index (χ3v) is 5.24. The highest BCUT2D eigenvalue weighted by Crippen LogP contribution is 2.30. The van der Waals surface area contributed by atoms with Gasteiger partial charge < -0.3 is 9.84 Å². The van der Waals surface area contributed by atoms with Crippen LogP contribution in [0.4, 0.5) is 0 Å². The molecular weight excluding hydrogens is 370 g/mol. The van der Waals surface area contributed by atoms with E-state index in [2.05, 4.69) is 71.9 Å². The van der Waals surface area contributed by atoms with Crippen LogP contribution in [0.5, 0.6) is 0 Å². The van der Waals surface area contributed by atoms with Crippen LogP contribution in [0.15, 0.2) is 59.8 Å². The zero-order valence-corrected chi connectivity index (χ0v) is 17.4. The normalized spacial score (nSPS) is 11.7. The molecule has 28 heavy (non-hydrogen) atoms. The SMILES string of the molecule is CC(C)(C)c1ccc(-c2nnc(SCCOCCO)n2-c2ccccc2)cc1. The standard InChI is InChI=1S/C22H27N3O2S/c1-22(2,3)18-11-9-17(10-12-18)20-23-24-21(28-16-15-27-14-13-26)25(20)19-7-5-4-6-8-19/h4-12,26H,13-16H2,1-3H3. The number of hydrogen-bond acceptors (Lipinski definition) is 5. The van der Waals surface area contributed by atoms with Gasteiger partial charge in [-0.1, -0.05) is 75.0 Å². The van der Waals surface area contributed by atoms with Gasteiger partial charge in [-0.2, -0.15) is 0 Å². The van der Waals surface area contributed by atoms with Crippen LogP contribution in [0.3, 0.4) is 0 Å². The first-order chi connectivity index (χ1) is 13.5. The molecule has 0 radical (unpaired) electrons. The molecular formula is C22H27N3O2S. The number of hydrogen-bond donors (Lipinski definition) is 1. The summed E-state index contributed by atoms with van der Waals surface area (Å²) in [4.78, 5) is 0. The van der Waals surface area contributed by atoms with Crippen LogP contribution in [0, 0.1) is 0 Å². The highest BCUT2D eigenvalue weighted by Gasteiger charge is 2.18. The van der Waals surface area contributed by atoms with Crippen LogP contribution in [-0.4, -0.2) is 45.4 Å². The second-order valence-electron chi connectivity index (χ2n) is 7.49. The largest absolute Gasteiger partial charge is 0.394 e. The number of thioether (sulfide) groups is 1. The molecule has 0 saturated carbocycles. The second kappa shape index (κ2) is 9.37. The lowest BCUT2D eigenvalue weighted by molar-refractivity contribution is 0.103. The van der Waals surface area contributed by atoms with Crippen molar-refractivity contribution in [1.82, 2.24) is 14.8 Å². The lowest BCUT2D eigenvalue weighted by Gasteiger charge is -2.19. The van der Waals surface area contributed by atoms with E-state index in [1.165, 1.54) is 5.56 Å². The van der Waals surface area contributed by atoms with Crippen molar-refractivity contribution in [3.8, 4) is 17.1 Å². The molecule has 2 aromatic carbocycles. The maximum absolute atomic E-state index is 8.82. The molecule has 0 amide bonds. The molecule has 0 spiro atoms. The number of aliphatic hydroxyl groups is 1. The number of nitrogens with zero attached hydrogens (tertiary/aromatic N) is 3. The van der Waals surface area contributed by atoms with Crippen molar-refractivity contribution in [2.75, 3.05) is 25.6 Å². The van der Waals surface area contributed by atoms with Gasteiger partial charge in [-0.25, -0.2) is 0 Å². The Morgan fingerprint density at radius 2 is 1.68 bits per heavy atom. The van der Waals surface area contributed by atoms with Crippen molar-refractivity contribution in [3.05, 3.63) is 60.2 Å². The Balaban J connectivity index is 1.91. The van der Waals surface area contributed by atoms with Gasteiger partial charge in [-0.05, 0) is 23.1 Å². The maximum atomic E-state index is 8.82. The third-order valence-electron chi connectivity index (χ3n) is 4.35. The number of aliphatic hydroxyl groups excluding tert-OH is 1. The molecule has 0 fully saturated rings. The van der Waals surface area contributed by atoms with Gasteiger partial charge in [0, 0.05) is 17.0 Å². The average molecular weight is 398 g/mol. The van der Waals surface area contributed by atoms with Gasteiger partial charge in [0.2, 0.25) is 0 Å². The van der Waals surface area contributed by atoms with E-state index >= 15 is 0 Å². The minimum absolute atomic E-state index is 0.0412. The smallest absolute Gasteiger partial charge is 0.196 e. The van der Waals surface area contributed by atoms with E-state index in [4.69, 9.17) is 9.84 Å². The molecule has 0 unspecified atom stereocenters. The second-order valence-corrected chi connectivity index (χ2v) is 8.55. The minimum atomic E-state index is 0.0412. The Hall–Kier alpha value is -2.15. The van der Waals surface area contributed by atoms with Crippen molar-refractivity contribution in [2.24, 2.45) is 0 Å². The molecule has 6 heteroatoms. The molecule has 3 rings (SSSR count). The van der Waals surface area contributed by atoms with Crippen LogP contribution in [0.1, 0.15) is 26.3 Å². The summed E-state index contributed by atoms with van der Waals surface area (Å²) in [7, 11) is 0. The number of aromatic nitrogens is 3. The Morgan fingerprint density at radius 3 is 2.32 bits per heavy atom. The van der Waals surface area contributed by atoms with E-state index in [9.17, 15) is 0 Å². The summed E-state index contributed by atoms with van der Waals surface area (Å²) in [6, 6.07) is 18.7. The molecule has 0 aliphatic heterocycles. The minimum Gasteiger partial charge on any atom is -0.394 e. The summed E-state index contributed by atoms with van der Waals surface area (Å²) >= 11 is 1.60. The van der Waals surface area contributed by atoms with Crippen molar-refractivity contribution in [3.63, 3.8) is 0 Å². The molecule has 5 nitrogen and oxygen atoms in total. The van der Waals surface area contributed by atoms with Crippen molar-refractivity contribution in [1.29, 1.82) is 0 Å². The van der Waals surface area contributed by atoms with Gasteiger partial charge in [0.1, 0.15) is 0 Å². The first kappa shape index (κ1) is 20.6. The predicted octanol–water partition coefficient (Wildman–Crippen LogP) is 4.33. The molecule has 0 aliphatic carbocycles. The van der Waals surface area contributed by atoms with Crippen LogP contribution < -0.4 is 0 Å². The lowest BCUT2D eigenvalue weighted by Crippen LogP contribution is -2.10. The number of rotatable bonds is 8. The van der Waals surface area contributed by atoms with Gasteiger partial charge in [0.25, 0.3) is 0 Å². The maximum Gasteiger partial charge on any atom is 0.196 e. The summed E-state index contributed by atoms with van der Waals surface area (Å²) < 4.78 is 7.44. The average Bonchev–Trinajstić information content (AvgIpc) is 3.12. The predicted molar refractivity (Wildman–Crippen MR) is 114 cm³/mol. The summed E-state index contributed by atoms with van der Waals surface area (Å²) in [6.45, 7) is 7.59. The topological polar surface area (TPSA) is 60.2 Å². The van der Waals surface area contributed by atoms with Crippen LogP contribution in [0.2, 0.25) is 0 Å². The van der Waals surface area contributed by atoms with Gasteiger partial charge in [0.05, 0.1) is 19.8 Å². The Morgan fingerprint density at radius 1 is 0.964 bits per heavy atom. The van der Waals surface area contributed by atoms with Gasteiger partial charge in [-0.15, -0.1) is 10.2 Å². The Labute approximate surface area is 170 Å². The monoisotopic (exact) mass is 397 g/mol. The van der Waals surface area contributed by atoms with Gasteiger partial charge >= 0.3 is 0 Å². The van der Waals surface area contributed by atoms with E-state index in [-0.39, 0.29) is 12.0 Å². The molecule has 0 atom stereocenters. The third kappa shape index (κ3) is 5.01. The van der Waals surface area contributed by atoms with Crippen LogP contribution in [-0.2, 0) is 10.2 Å². The first-order valence-corrected chi connectivity index (χ1v) is 10.4. The van der Waals surface area contributed by atoms with Crippen molar-refractivity contribution < 1.29 is 9.84 Å². The lowest BCUT2D eigenvalue weighted by atomic mass is 9.87. The highest BCUT2D eigenvalue weighted by atomic mass is 32.2. The molecule has 0 saturated heterocycles. The summed E-state index contributed by atoms with van der Waals surface area (Å²) in [5, 5.41) is 18.6. The quantitative estimate of drug-likeness (QED) is 0.453. The van der Waals surface area contributed by atoms with E-state index in [1.807, 2.05) is 18.2 Å². The molecule has 1 aromatic heterocycles. The zero-order chi connectivity index (χ0) is 20.0. The molecule has 3 aromatic rings.